The number of nitrogen functional groups attached to an aromatic ring is 1. The Balaban J connectivity index is 1.50. The van der Waals surface area contributed by atoms with Crippen LogP contribution in [-0.4, -0.2) is 39.4 Å². The Labute approximate surface area is 167 Å². The van der Waals surface area contributed by atoms with Crippen molar-refractivity contribution in [2.75, 3.05) is 24.8 Å². The molecule has 29 heavy (non-hydrogen) atoms. The van der Waals surface area contributed by atoms with E-state index in [4.69, 9.17) is 10.5 Å². The predicted octanol–water partition coefficient (Wildman–Crippen LogP) is 2.86. The van der Waals surface area contributed by atoms with Crippen LogP contribution < -0.4 is 11.1 Å². The summed E-state index contributed by atoms with van der Waals surface area (Å²) >= 11 is 0. The molecule has 1 aliphatic heterocycles. The summed E-state index contributed by atoms with van der Waals surface area (Å²) in [5.41, 5.74) is 9.01. The van der Waals surface area contributed by atoms with Gasteiger partial charge in [0.2, 0.25) is 0 Å². The van der Waals surface area contributed by atoms with E-state index in [-0.39, 0.29) is 11.8 Å². The molecule has 4 rings (SSSR count). The summed E-state index contributed by atoms with van der Waals surface area (Å²) in [6.45, 7) is 2.04. The van der Waals surface area contributed by atoms with Crippen molar-refractivity contribution in [2.24, 2.45) is 0 Å². The van der Waals surface area contributed by atoms with E-state index in [1.54, 1.807) is 48.5 Å². The van der Waals surface area contributed by atoms with Gasteiger partial charge in [-0.05, 0) is 24.3 Å². The standard InChI is InChI=1S/C20H21FN6O2/c1-29-9-8-27-18-12-26(11-13(18)10-23-27)20(28)25-19-16(22)6-7-17(24-19)14-4-2-3-5-15(14)21/h2-7,10H,8-9,11-12,22H2,1H3,(H,24,25,28). The van der Waals surface area contributed by atoms with E-state index < -0.39 is 5.82 Å². The fraction of sp³-hybridized carbons (Fsp3) is 0.250. The number of nitrogens with two attached hydrogens (primary N) is 1. The third-order valence-corrected chi connectivity index (χ3v) is 4.83. The van der Waals surface area contributed by atoms with Gasteiger partial charge in [-0.3, -0.25) is 10.00 Å². The molecule has 9 heteroatoms. The van der Waals surface area contributed by atoms with E-state index in [1.807, 2.05) is 4.68 Å². The summed E-state index contributed by atoms with van der Waals surface area (Å²) in [6, 6.07) is 9.22. The lowest BCUT2D eigenvalue weighted by molar-refractivity contribution is 0.181. The first-order valence-electron chi connectivity index (χ1n) is 9.16. The minimum atomic E-state index is -0.391. The maximum absolute atomic E-state index is 14.1. The summed E-state index contributed by atoms with van der Waals surface area (Å²) in [6.07, 6.45) is 1.77. The Morgan fingerprint density at radius 2 is 2.10 bits per heavy atom. The van der Waals surface area contributed by atoms with Crippen molar-refractivity contribution in [3.8, 4) is 11.3 Å². The molecule has 1 aliphatic rings. The number of benzene rings is 1. The molecule has 0 fully saturated rings. The third kappa shape index (κ3) is 3.77. The van der Waals surface area contributed by atoms with Crippen molar-refractivity contribution < 1.29 is 13.9 Å². The zero-order chi connectivity index (χ0) is 20.4. The number of pyridine rings is 1. The number of methoxy groups -OCH3 is 1. The number of rotatable bonds is 5. The average molecular weight is 396 g/mol. The zero-order valence-corrected chi connectivity index (χ0v) is 15.9. The molecule has 0 atom stereocenters. The van der Waals surface area contributed by atoms with Crippen LogP contribution >= 0.6 is 0 Å². The van der Waals surface area contributed by atoms with Crippen molar-refractivity contribution in [1.29, 1.82) is 0 Å². The zero-order valence-electron chi connectivity index (χ0n) is 15.9. The summed E-state index contributed by atoms with van der Waals surface area (Å²) in [7, 11) is 1.64. The van der Waals surface area contributed by atoms with Gasteiger partial charge in [0.25, 0.3) is 0 Å². The Kier molecular flexibility index (Phi) is 5.13. The number of nitrogens with one attached hydrogen (secondary N) is 1. The van der Waals surface area contributed by atoms with Gasteiger partial charge in [0.15, 0.2) is 5.82 Å². The smallest absolute Gasteiger partial charge is 0.323 e. The molecular weight excluding hydrogens is 375 g/mol. The number of urea groups is 1. The minimum Gasteiger partial charge on any atom is -0.396 e. The maximum atomic E-state index is 14.1. The predicted molar refractivity (Wildman–Crippen MR) is 106 cm³/mol. The Bertz CT molecular complexity index is 1050. The van der Waals surface area contributed by atoms with E-state index in [9.17, 15) is 9.18 Å². The molecule has 3 aromatic rings. The van der Waals surface area contributed by atoms with Crippen LogP contribution in [0.25, 0.3) is 11.3 Å². The largest absolute Gasteiger partial charge is 0.396 e. The second kappa shape index (κ2) is 7.88. The van der Waals surface area contributed by atoms with Gasteiger partial charge in [0.05, 0.1) is 49.5 Å². The van der Waals surface area contributed by atoms with Crippen molar-refractivity contribution in [3.63, 3.8) is 0 Å². The maximum Gasteiger partial charge on any atom is 0.323 e. The van der Waals surface area contributed by atoms with Crippen molar-refractivity contribution >= 4 is 17.5 Å². The molecule has 8 nitrogen and oxygen atoms in total. The van der Waals surface area contributed by atoms with Gasteiger partial charge >= 0.3 is 6.03 Å². The highest BCUT2D eigenvalue weighted by atomic mass is 19.1. The molecule has 3 N–H and O–H groups in total. The lowest BCUT2D eigenvalue weighted by Gasteiger charge is -2.18. The molecule has 3 heterocycles. The molecular formula is C20H21FN6O2. The Morgan fingerprint density at radius 1 is 1.28 bits per heavy atom. The number of ether oxygens (including phenoxy) is 1. The SMILES string of the molecule is COCCn1ncc2c1CN(C(=O)Nc1nc(-c3ccccc3F)ccc1N)C2. The highest BCUT2D eigenvalue weighted by Gasteiger charge is 2.27. The lowest BCUT2D eigenvalue weighted by Crippen LogP contribution is -2.31. The van der Waals surface area contributed by atoms with Gasteiger partial charge in [-0.2, -0.15) is 5.10 Å². The van der Waals surface area contributed by atoms with Crippen LogP contribution in [0, 0.1) is 5.82 Å². The van der Waals surface area contributed by atoms with E-state index in [2.05, 4.69) is 15.4 Å². The van der Waals surface area contributed by atoms with Gasteiger partial charge in [0, 0.05) is 18.2 Å². The number of fused-ring (bicyclic) bond motifs is 1. The lowest BCUT2D eigenvalue weighted by atomic mass is 10.1. The number of halogens is 1. The van der Waals surface area contributed by atoms with Gasteiger partial charge in [-0.1, -0.05) is 12.1 Å². The molecule has 0 radical (unpaired) electrons. The average Bonchev–Trinajstić information content (AvgIpc) is 3.30. The summed E-state index contributed by atoms with van der Waals surface area (Å²) in [5, 5.41) is 7.07. The van der Waals surface area contributed by atoms with Crippen LogP contribution in [0.1, 0.15) is 11.3 Å². The fourth-order valence-electron chi connectivity index (χ4n) is 3.29. The Hall–Kier alpha value is -3.46. The van der Waals surface area contributed by atoms with Crippen molar-refractivity contribution in [1.82, 2.24) is 19.7 Å². The van der Waals surface area contributed by atoms with Crippen molar-refractivity contribution in [3.05, 3.63) is 59.7 Å². The molecule has 0 saturated heterocycles. The van der Waals surface area contributed by atoms with Gasteiger partial charge in [-0.25, -0.2) is 14.2 Å². The third-order valence-electron chi connectivity index (χ3n) is 4.83. The van der Waals surface area contributed by atoms with Crippen LogP contribution in [0.4, 0.5) is 20.7 Å². The van der Waals surface area contributed by atoms with Crippen LogP contribution in [0.5, 0.6) is 0 Å². The first-order valence-corrected chi connectivity index (χ1v) is 9.16. The second-order valence-electron chi connectivity index (χ2n) is 6.73. The number of nitrogens with zero attached hydrogens (tertiary/aromatic N) is 4. The molecule has 1 aromatic carbocycles. The number of anilines is 2. The number of amides is 2. The van der Waals surface area contributed by atoms with Crippen molar-refractivity contribution in [2.45, 2.75) is 19.6 Å². The number of aromatic nitrogens is 3. The molecule has 2 amide bonds. The minimum absolute atomic E-state index is 0.202. The van der Waals surface area contributed by atoms with Crippen LogP contribution in [-0.2, 0) is 24.4 Å². The highest BCUT2D eigenvalue weighted by molar-refractivity contribution is 5.92. The first-order chi connectivity index (χ1) is 14.1. The molecule has 0 bridgehead atoms. The molecule has 0 aliphatic carbocycles. The summed E-state index contributed by atoms with van der Waals surface area (Å²) < 4.78 is 21.0. The number of hydrogen-bond acceptors (Lipinski definition) is 5. The quantitative estimate of drug-likeness (QED) is 0.691. The molecule has 150 valence electrons. The molecule has 0 unspecified atom stereocenters. The number of carbonyl (C=O) groups is 1. The molecule has 0 saturated carbocycles. The highest BCUT2D eigenvalue weighted by Crippen LogP contribution is 2.27. The normalized spacial score (nSPS) is 12.8. The van der Waals surface area contributed by atoms with E-state index in [0.717, 1.165) is 11.3 Å². The first kappa shape index (κ1) is 18.9. The second-order valence-corrected chi connectivity index (χ2v) is 6.73. The fourth-order valence-corrected chi connectivity index (χ4v) is 3.29. The van der Waals surface area contributed by atoms with Gasteiger partial charge in [0.1, 0.15) is 5.82 Å². The molecule has 2 aromatic heterocycles. The van der Waals surface area contributed by atoms with Gasteiger partial charge < -0.3 is 15.4 Å². The van der Waals surface area contributed by atoms with Gasteiger partial charge in [-0.15, -0.1) is 0 Å². The number of hydrogen-bond donors (Lipinski definition) is 2. The summed E-state index contributed by atoms with van der Waals surface area (Å²) in [4.78, 5) is 18.8. The van der Waals surface area contributed by atoms with Crippen LogP contribution in [0.3, 0.4) is 0 Å². The Morgan fingerprint density at radius 3 is 2.90 bits per heavy atom. The summed E-state index contributed by atoms with van der Waals surface area (Å²) in [5.74, 6) is -0.189. The number of carbonyl (C=O) groups excluding carboxylic acids is 1. The van der Waals surface area contributed by atoms with Crippen LogP contribution in [0.15, 0.2) is 42.6 Å². The van der Waals surface area contributed by atoms with E-state index in [1.165, 1.54) is 6.07 Å². The monoisotopic (exact) mass is 396 g/mol. The van der Waals surface area contributed by atoms with Crippen LogP contribution in [0.2, 0.25) is 0 Å². The van der Waals surface area contributed by atoms with E-state index in [0.29, 0.717) is 43.2 Å². The van der Waals surface area contributed by atoms with E-state index >= 15 is 0 Å². The topological polar surface area (TPSA) is 98.3 Å². The molecule has 0 spiro atoms.